The Labute approximate surface area is 709 Å². The molecule has 0 aliphatic heterocycles. The summed E-state index contributed by atoms with van der Waals surface area (Å²) < 4.78 is 18.3. The Bertz CT molecular complexity index is 6020. The van der Waals surface area contributed by atoms with E-state index in [0.717, 1.165) is 126 Å². The molecule has 0 aliphatic rings. The number of benzene rings is 8. The monoisotopic (exact) mass is 1770 g/mol. The molecule has 2 N–H and O–H groups in total. The van der Waals surface area contributed by atoms with Crippen molar-refractivity contribution < 1.29 is 4.39 Å². The third kappa shape index (κ3) is 22.1. The van der Waals surface area contributed by atoms with E-state index in [0.29, 0.717) is 83.6 Å². The second-order valence-corrected chi connectivity index (χ2v) is 35.9. The lowest BCUT2D eigenvalue weighted by atomic mass is 10.1. The van der Waals surface area contributed by atoms with Gasteiger partial charge in [0.1, 0.15) is 36.8 Å². The summed E-state index contributed by atoms with van der Waals surface area (Å²) in [6.07, 6.45) is 10.5. The number of nitrogens with two attached hydrogens (primary N) is 1. The number of thioether (sulfide) groups is 1. The molecule has 16 rings (SSSR count). The van der Waals surface area contributed by atoms with E-state index in [1.54, 1.807) is 83.8 Å². The molecule has 0 fully saturated rings. The van der Waals surface area contributed by atoms with Crippen LogP contribution in [0, 0.1) is 19.7 Å². The van der Waals surface area contributed by atoms with Gasteiger partial charge in [0, 0.05) is 7.05 Å². The van der Waals surface area contributed by atoms with Crippen LogP contribution in [0.25, 0.3) is 56.3 Å². The van der Waals surface area contributed by atoms with Crippen LogP contribution in [-0.2, 0) is 45.6 Å². The predicted octanol–water partition coefficient (Wildman–Crippen LogP) is 23.6. The van der Waals surface area contributed by atoms with Crippen LogP contribution in [0.1, 0.15) is 55.9 Å². The van der Waals surface area contributed by atoms with E-state index in [-0.39, 0.29) is 5.82 Å². The van der Waals surface area contributed by atoms with Crippen LogP contribution in [-0.4, -0.2) is 91.5 Å². The average Bonchev–Trinajstić information content (AvgIpc) is 1.02. The summed E-state index contributed by atoms with van der Waals surface area (Å²) in [4.78, 5) is 38.2. The number of aromatic nitrogens is 17. The van der Waals surface area contributed by atoms with Gasteiger partial charge in [-0.1, -0.05) is 248 Å². The highest BCUT2D eigenvalue weighted by Crippen LogP contribution is 2.40. The molecule has 16 aromatic rings. The molecule has 0 atom stereocenters. The quantitative estimate of drug-likeness (QED) is 0.0698. The Kier molecular flexibility index (Phi) is 28.3. The Morgan fingerprint density at radius 2 is 0.739 bits per heavy atom. The zero-order valence-corrected chi connectivity index (χ0v) is 70.9. The molecule has 0 aliphatic carbocycles. The maximum atomic E-state index is 13.1. The van der Waals surface area contributed by atoms with Gasteiger partial charge in [0.25, 0.3) is 0 Å². The number of rotatable bonds is 20. The lowest BCUT2D eigenvalue weighted by molar-refractivity contribution is 0.628. The third-order valence-electron chi connectivity index (χ3n) is 16.0. The Morgan fingerprint density at radius 1 is 0.378 bits per heavy atom. The van der Waals surface area contributed by atoms with Crippen molar-refractivity contribution in [1.82, 2.24) is 85.2 Å². The molecule has 0 unspecified atom stereocenters. The summed E-state index contributed by atoms with van der Waals surface area (Å²) in [5.41, 5.74) is 19.2. The number of nitrogens with zero attached hydrogens (tertiary/aromatic N) is 17. The van der Waals surface area contributed by atoms with E-state index in [2.05, 4.69) is 82.2 Å². The fourth-order valence-corrected chi connectivity index (χ4v) is 18.5. The van der Waals surface area contributed by atoms with Gasteiger partial charge in [-0.25, -0.2) is 44.3 Å². The second kappa shape index (κ2) is 38.5. The first-order chi connectivity index (χ1) is 53.7. The van der Waals surface area contributed by atoms with Crippen molar-refractivity contribution in [2.24, 2.45) is 7.05 Å². The van der Waals surface area contributed by atoms with Crippen LogP contribution in [0.2, 0.25) is 40.2 Å². The first-order valence-electron chi connectivity index (χ1n) is 33.2. The minimum absolute atomic E-state index is 0.281. The Balaban J connectivity index is 0.000000130. The van der Waals surface area contributed by atoms with Gasteiger partial charge in [0.05, 0.1) is 107 Å². The second-order valence-electron chi connectivity index (χ2n) is 23.7. The van der Waals surface area contributed by atoms with Crippen molar-refractivity contribution in [2.45, 2.75) is 95.0 Å². The number of halogens is 9. The molecule has 0 amide bonds. The van der Waals surface area contributed by atoms with Crippen LogP contribution < -0.4 is 5.73 Å². The molecule has 8 aromatic carbocycles. The molecule has 0 saturated carbocycles. The molecular weight excluding hydrogens is 1720 g/mol. The van der Waals surface area contributed by atoms with Gasteiger partial charge in [0.2, 0.25) is 5.13 Å². The van der Waals surface area contributed by atoms with Crippen LogP contribution >= 0.6 is 186 Å². The zero-order valence-electron chi connectivity index (χ0n) is 58.3. The minimum atomic E-state index is -0.281. The number of anilines is 1. The Morgan fingerprint density at radius 3 is 1.12 bits per heavy atom. The number of aryl methyl sites for hydroxylation is 8. The molecule has 0 saturated heterocycles. The van der Waals surface area contributed by atoms with Crippen LogP contribution in [0.3, 0.4) is 0 Å². The van der Waals surface area contributed by atoms with E-state index in [9.17, 15) is 4.39 Å². The first kappa shape index (κ1) is 81.5. The maximum absolute atomic E-state index is 13.1. The van der Waals surface area contributed by atoms with Crippen molar-refractivity contribution in [3.05, 3.63) is 266 Å². The molecule has 560 valence electrons. The predicted molar refractivity (Wildman–Crippen MR) is 458 cm³/mol. The first-order valence-corrected chi connectivity index (χ1v) is 43.2. The molecule has 35 heteroatoms. The van der Waals surface area contributed by atoms with Crippen molar-refractivity contribution in [3.63, 3.8) is 0 Å². The summed E-state index contributed by atoms with van der Waals surface area (Å²) >= 11 is 60.9. The summed E-state index contributed by atoms with van der Waals surface area (Å²) in [5.74, 6) is 0.564. The van der Waals surface area contributed by atoms with Gasteiger partial charge in [-0.2, -0.15) is 0 Å². The SMILES string of the molecule is CSc1nnc(Sc2nc3cc(Cl)c(Cl)cc3nc2CCc2ccccc2)s1.Cc1nnc(Sc2nc3cc(Cl)c(Cl)cc3nc2/C=C/c2ccc(F)cc2)s1.Cc1nnc(Sc2nc3cc(Cl)c(Cl)cc3nc2CCc2ccccc2)n1C.Nc1nnc(Sc2nc3cc(Cl)c(Cl)cc3nc2CCc2ccccc2)s1. The fourth-order valence-electron chi connectivity index (χ4n) is 10.4. The number of fused-ring (bicyclic) bond motifs is 4. The fraction of sp³-hybridized carbons (Fsp3) is 0.132. The minimum Gasteiger partial charge on any atom is -0.374 e. The van der Waals surface area contributed by atoms with E-state index < -0.39 is 0 Å². The highest BCUT2D eigenvalue weighted by atomic mass is 35.5. The van der Waals surface area contributed by atoms with Crippen molar-refractivity contribution >= 4 is 247 Å². The topological polar surface area (TPSA) is 237 Å². The molecule has 18 nitrogen and oxygen atoms in total. The number of nitrogen functional groups attached to an aromatic ring is 1. The van der Waals surface area contributed by atoms with Crippen molar-refractivity contribution in [1.29, 1.82) is 0 Å². The Hall–Kier alpha value is -7.52. The van der Waals surface area contributed by atoms with Crippen LogP contribution in [0.4, 0.5) is 9.52 Å². The van der Waals surface area contributed by atoms with Gasteiger partial charge in [-0.05, 0) is 195 Å². The van der Waals surface area contributed by atoms with E-state index in [4.69, 9.17) is 133 Å². The van der Waals surface area contributed by atoms with Crippen molar-refractivity contribution in [3.8, 4) is 0 Å². The van der Waals surface area contributed by atoms with Crippen LogP contribution in [0.15, 0.2) is 206 Å². The molecular formula is C76H55Cl8FN18S8. The van der Waals surface area contributed by atoms with Crippen LogP contribution in [0.5, 0.6) is 0 Å². The molecule has 111 heavy (non-hydrogen) atoms. The van der Waals surface area contributed by atoms with Gasteiger partial charge in [0.15, 0.2) is 22.5 Å². The number of hydrogen-bond acceptors (Lipinski definition) is 25. The molecule has 8 heterocycles. The lowest BCUT2D eigenvalue weighted by Crippen LogP contribution is -2.02. The largest absolute Gasteiger partial charge is 0.374 e. The van der Waals surface area contributed by atoms with Gasteiger partial charge in [-0.15, -0.1) is 40.8 Å². The zero-order chi connectivity index (χ0) is 77.7. The van der Waals surface area contributed by atoms with E-state index >= 15 is 0 Å². The highest BCUT2D eigenvalue weighted by molar-refractivity contribution is 8.03. The highest BCUT2D eigenvalue weighted by Gasteiger charge is 2.21. The molecule has 0 radical (unpaired) electrons. The summed E-state index contributed by atoms with van der Waals surface area (Å²) in [6.45, 7) is 3.81. The smallest absolute Gasteiger partial charge is 0.203 e. The molecule has 0 bridgehead atoms. The number of hydrogen-bond donors (Lipinski definition) is 1. The van der Waals surface area contributed by atoms with Gasteiger partial charge < -0.3 is 10.3 Å². The van der Waals surface area contributed by atoms with E-state index in [1.807, 2.05) is 98.5 Å². The van der Waals surface area contributed by atoms with E-state index in [1.165, 1.54) is 98.5 Å². The average molecular weight is 1780 g/mol. The van der Waals surface area contributed by atoms with Gasteiger partial charge >= 0.3 is 0 Å². The summed E-state index contributed by atoms with van der Waals surface area (Å²) in [6, 6.07) is 51.0. The lowest BCUT2D eigenvalue weighted by Gasteiger charge is -2.10. The van der Waals surface area contributed by atoms with Crippen molar-refractivity contribution in [2.75, 3.05) is 12.0 Å². The normalized spacial score (nSPS) is 11.3. The van der Waals surface area contributed by atoms with Gasteiger partial charge in [-0.3, -0.25) is 0 Å². The summed E-state index contributed by atoms with van der Waals surface area (Å²) in [5, 5.41) is 41.7. The summed E-state index contributed by atoms with van der Waals surface area (Å²) in [7, 11) is 1.94. The maximum Gasteiger partial charge on any atom is 0.203 e. The third-order valence-corrected chi connectivity index (χ3v) is 26.6. The molecule has 0 spiro atoms. The molecule has 8 aromatic heterocycles. The standard InChI is InChI=1S/C20H17Cl2N5S.C19H11Cl2FN4S2.C19H14Cl2N4S3.C18H13Cl2N5S2/c1-12-25-26-20(27(12)2)28-19-16(9-8-13-6-4-3-5-7-13)23-17-10-14(21)15(22)11-18(17)24-19;1-10-25-26-19(27-10)28-18-15(7-4-11-2-5-12(22)6-3-11)23-16-8-13(20)14(21)9-17(16)24-18;1-26-18-24-25-19(28-18)27-17-14(8-7-11-5-3-2-4-6-11)22-15-9-12(20)13(21)10-16(15)23-17;19-11-8-14-15(9-12(11)20)23-16(26-18-25-24-17(21)27-18)13(22-14)7-6-10-4-2-1-3-5-10/h3-7,10-11H,8-9H2,1-2H3;2-9H,1H3;2-6,9-10H,7-8H2,1H3;1-5,8-9H,6-7H2,(H2,21,24)/b;7-4+;;.